The Bertz CT molecular complexity index is 751. The number of nitrogens with one attached hydrogen (secondary N) is 3. The number of amides is 2. The zero-order valence-electron chi connectivity index (χ0n) is 14.0. The molecule has 11 heteroatoms. The minimum Gasteiger partial charge on any atom is -0.481 e. The fourth-order valence-electron chi connectivity index (χ4n) is 2.12. The molecule has 0 spiro atoms. The Labute approximate surface area is 145 Å². The molecule has 0 bridgehead atoms. The third-order valence-corrected chi connectivity index (χ3v) is 5.47. The van der Waals surface area contributed by atoms with E-state index in [2.05, 4.69) is 15.0 Å². The number of aliphatic carboxylic acids is 1. The number of sulfonamides is 1. The highest BCUT2D eigenvalue weighted by atomic mass is 32.2. The fraction of sp³-hybridized carbons (Fsp3) is 0.500. The molecule has 10 nitrogen and oxygen atoms in total. The van der Waals surface area contributed by atoms with Crippen LogP contribution in [0.2, 0.25) is 0 Å². The van der Waals surface area contributed by atoms with Crippen molar-refractivity contribution in [3.05, 3.63) is 18.0 Å². The van der Waals surface area contributed by atoms with E-state index in [1.165, 1.54) is 0 Å². The number of carbonyl (C=O) groups excluding carboxylic acids is 2. The maximum atomic E-state index is 12.0. The van der Waals surface area contributed by atoms with E-state index in [4.69, 9.17) is 5.73 Å². The summed E-state index contributed by atoms with van der Waals surface area (Å²) >= 11 is 0. The van der Waals surface area contributed by atoms with Gasteiger partial charge >= 0.3 is 5.97 Å². The molecule has 0 saturated carbocycles. The molecule has 2 amide bonds. The monoisotopic (exact) mass is 374 g/mol. The Morgan fingerprint density at radius 3 is 2.32 bits per heavy atom. The molecule has 1 aromatic rings. The van der Waals surface area contributed by atoms with Crippen LogP contribution < -0.4 is 15.8 Å². The Kier molecular flexibility index (Phi) is 6.70. The van der Waals surface area contributed by atoms with Gasteiger partial charge in [0, 0.05) is 12.7 Å². The van der Waals surface area contributed by atoms with Gasteiger partial charge in [0.25, 0.3) is 5.91 Å². The third-order valence-electron chi connectivity index (χ3n) is 4.09. The highest BCUT2D eigenvalue weighted by Gasteiger charge is 2.35. The molecule has 1 heterocycles. The average Bonchev–Trinajstić information content (AvgIpc) is 3.05. The molecule has 0 saturated heterocycles. The van der Waals surface area contributed by atoms with E-state index in [0.717, 1.165) is 12.3 Å². The molecular weight excluding hydrogens is 352 g/mol. The quantitative estimate of drug-likeness (QED) is 0.366. The Morgan fingerprint density at radius 1 is 1.28 bits per heavy atom. The van der Waals surface area contributed by atoms with E-state index < -0.39 is 39.8 Å². The lowest BCUT2D eigenvalue weighted by Gasteiger charge is -2.26. The van der Waals surface area contributed by atoms with E-state index in [9.17, 15) is 27.9 Å². The first kappa shape index (κ1) is 20.6. The highest BCUT2D eigenvalue weighted by Crippen LogP contribution is 2.25. The number of H-pyrrole nitrogens is 1. The lowest BCUT2D eigenvalue weighted by Crippen LogP contribution is -2.45. The zero-order chi connectivity index (χ0) is 19.3. The minimum absolute atomic E-state index is 0.0815. The normalized spacial score (nSPS) is 11.9. The summed E-state index contributed by atoms with van der Waals surface area (Å²) in [5.74, 6) is -2.50. The van der Waals surface area contributed by atoms with Gasteiger partial charge in [-0.2, -0.15) is 0 Å². The van der Waals surface area contributed by atoms with Gasteiger partial charge in [-0.25, -0.2) is 13.1 Å². The summed E-state index contributed by atoms with van der Waals surface area (Å²) < 4.78 is 26.1. The topological polar surface area (TPSA) is 171 Å². The van der Waals surface area contributed by atoms with Gasteiger partial charge < -0.3 is 21.1 Å². The second-order valence-corrected chi connectivity index (χ2v) is 7.27. The SMILES string of the molecule is CCC(CC)(CNC(=O)CNS(=O)(=O)c1c[nH]c(C(N)=O)c1)C(=O)O. The Balaban J connectivity index is 2.66. The molecule has 0 aliphatic carbocycles. The molecule has 0 fully saturated rings. The Hall–Kier alpha value is -2.40. The van der Waals surface area contributed by atoms with E-state index in [-0.39, 0.29) is 17.1 Å². The van der Waals surface area contributed by atoms with Crippen molar-refractivity contribution in [3.8, 4) is 0 Å². The number of rotatable bonds is 10. The lowest BCUT2D eigenvalue weighted by molar-refractivity contribution is -0.149. The standard InChI is InChI=1S/C14H22N4O6S/c1-3-14(4-2,13(21)22)8-17-11(19)7-18-25(23,24)9-5-10(12(15)20)16-6-9/h5-6,16,18H,3-4,7-8H2,1-2H3,(H2,15,20)(H,17,19)(H,21,22). The first-order valence-electron chi connectivity index (χ1n) is 7.56. The number of nitrogens with two attached hydrogens (primary N) is 1. The highest BCUT2D eigenvalue weighted by molar-refractivity contribution is 7.89. The van der Waals surface area contributed by atoms with E-state index in [1.54, 1.807) is 13.8 Å². The number of aromatic amines is 1. The summed E-state index contributed by atoms with van der Waals surface area (Å²) in [5, 5.41) is 11.7. The van der Waals surface area contributed by atoms with Crippen LogP contribution in [0.25, 0.3) is 0 Å². The van der Waals surface area contributed by atoms with Crippen LogP contribution in [0.1, 0.15) is 37.2 Å². The van der Waals surface area contributed by atoms with Crippen molar-refractivity contribution >= 4 is 27.8 Å². The number of carbonyl (C=O) groups is 3. The van der Waals surface area contributed by atoms with Crippen LogP contribution in [0, 0.1) is 5.41 Å². The summed E-state index contributed by atoms with van der Waals surface area (Å²) in [4.78, 5) is 36.3. The predicted molar refractivity (Wildman–Crippen MR) is 88.2 cm³/mol. The molecule has 1 aromatic heterocycles. The zero-order valence-corrected chi connectivity index (χ0v) is 14.8. The second-order valence-electron chi connectivity index (χ2n) is 5.51. The van der Waals surface area contributed by atoms with E-state index in [0.29, 0.717) is 12.8 Å². The third kappa shape index (κ3) is 5.03. The van der Waals surface area contributed by atoms with Crippen LogP contribution in [0.4, 0.5) is 0 Å². The largest absolute Gasteiger partial charge is 0.481 e. The molecule has 0 aliphatic heterocycles. The molecule has 6 N–H and O–H groups in total. The summed E-state index contributed by atoms with van der Waals surface area (Å²) in [6.45, 7) is 2.73. The average molecular weight is 374 g/mol. The number of aromatic nitrogens is 1. The van der Waals surface area contributed by atoms with Crippen molar-refractivity contribution in [1.29, 1.82) is 0 Å². The van der Waals surface area contributed by atoms with E-state index in [1.807, 2.05) is 0 Å². The van der Waals surface area contributed by atoms with Gasteiger partial charge in [0.15, 0.2) is 0 Å². The van der Waals surface area contributed by atoms with Crippen molar-refractivity contribution in [2.75, 3.05) is 13.1 Å². The van der Waals surface area contributed by atoms with E-state index >= 15 is 0 Å². The smallest absolute Gasteiger partial charge is 0.311 e. The van der Waals surface area contributed by atoms with Gasteiger partial charge in [-0.3, -0.25) is 14.4 Å². The number of carboxylic acids is 1. The minimum atomic E-state index is -4.02. The number of hydrogen-bond acceptors (Lipinski definition) is 5. The molecule has 0 atom stereocenters. The van der Waals surface area contributed by atoms with Crippen LogP contribution in [0.3, 0.4) is 0 Å². The molecule has 0 aromatic carbocycles. The molecule has 25 heavy (non-hydrogen) atoms. The van der Waals surface area contributed by atoms with Crippen LogP contribution in [-0.4, -0.2) is 49.4 Å². The summed E-state index contributed by atoms with van der Waals surface area (Å²) in [6, 6.07) is 1.05. The first-order valence-corrected chi connectivity index (χ1v) is 9.04. The number of primary amides is 1. The van der Waals surface area contributed by atoms with Crippen LogP contribution in [0.15, 0.2) is 17.2 Å². The van der Waals surface area contributed by atoms with Gasteiger partial charge in [0.05, 0.1) is 12.0 Å². The summed E-state index contributed by atoms with van der Waals surface area (Å²) in [5.41, 5.74) is 3.85. The second kappa shape index (κ2) is 8.12. The van der Waals surface area contributed by atoms with Gasteiger partial charge in [-0.1, -0.05) is 13.8 Å². The fourth-order valence-corrected chi connectivity index (χ4v) is 3.10. The van der Waals surface area contributed by atoms with Crippen molar-refractivity contribution in [2.45, 2.75) is 31.6 Å². The maximum Gasteiger partial charge on any atom is 0.311 e. The maximum absolute atomic E-state index is 12.0. The van der Waals surface area contributed by atoms with Crippen LogP contribution in [0.5, 0.6) is 0 Å². The summed E-state index contributed by atoms with van der Waals surface area (Å²) in [6.07, 6.45) is 1.72. The van der Waals surface area contributed by atoms with Crippen molar-refractivity contribution < 1.29 is 27.9 Å². The van der Waals surface area contributed by atoms with Crippen LogP contribution >= 0.6 is 0 Å². The lowest BCUT2D eigenvalue weighted by atomic mass is 9.82. The molecular formula is C14H22N4O6S. The molecule has 1 rings (SSSR count). The number of hydrogen-bond donors (Lipinski definition) is 5. The summed E-state index contributed by atoms with van der Waals surface area (Å²) in [7, 11) is -4.02. The predicted octanol–water partition coefficient (Wildman–Crippen LogP) is -0.601. The van der Waals surface area contributed by atoms with Crippen molar-refractivity contribution in [1.82, 2.24) is 15.0 Å². The molecule has 0 radical (unpaired) electrons. The van der Waals surface area contributed by atoms with Gasteiger partial charge in [-0.05, 0) is 18.9 Å². The molecule has 0 unspecified atom stereocenters. The van der Waals surface area contributed by atoms with Crippen molar-refractivity contribution in [3.63, 3.8) is 0 Å². The van der Waals surface area contributed by atoms with Gasteiger partial charge in [0.2, 0.25) is 15.9 Å². The number of carboxylic acid groups (broad SMARTS) is 1. The van der Waals surface area contributed by atoms with Gasteiger partial charge in [-0.15, -0.1) is 0 Å². The van der Waals surface area contributed by atoms with Crippen LogP contribution in [-0.2, 0) is 19.6 Å². The first-order chi connectivity index (χ1) is 11.6. The van der Waals surface area contributed by atoms with Gasteiger partial charge in [0.1, 0.15) is 10.6 Å². The molecule has 0 aliphatic rings. The molecule has 140 valence electrons. The Morgan fingerprint density at radius 2 is 1.88 bits per heavy atom. The van der Waals surface area contributed by atoms with Crippen molar-refractivity contribution in [2.24, 2.45) is 11.1 Å².